The number of methoxy groups -OCH3 is 1. The third kappa shape index (κ3) is 3.92. The number of aromatic nitrogens is 4. The summed E-state index contributed by atoms with van der Waals surface area (Å²) in [6.07, 6.45) is 2.40. The third-order valence-electron chi connectivity index (χ3n) is 3.09. The molecule has 122 valence electrons. The molecule has 3 heterocycles. The number of rotatable bonds is 8. The smallest absolute Gasteiger partial charge is 0.343 e. The van der Waals surface area contributed by atoms with Gasteiger partial charge in [-0.25, -0.2) is 14.9 Å². The second kappa shape index (κ2) is 7.62. The van der Waals surface area contributed by atoms with Crippen LogP contribution in [0.15, 0.2) is 38.1 Å². The zero-order valence-corrected chi connectivity index (χ0v) is 14.2. The minimum Gasteiger partial charge on any atom is -0.462 e. The first-order valence-corrected chi connectivity index (χ1v) is 8.89. The lowest BCUT2D eigenvalue weighted by Crippen LogP contribution is -2.18. The van der Waals surface area contributed by atoms with Crippen molar-refractivity contribution in [2.24, 2.45) is 0 Å². The summed E-state index contributed by atoms with van der Waals surface area (Å²) < 4.78 is 12.0. The molecule has 0 aliphatic carbocycles. The van der Waals surface area contributed by atoms with E-state index in [4.69, 9.17) is 9.15 Å². The summed E-state index contributed by atoms with van der Waals surface area (Å²) in [5, 5.41) is 10.1. The van der Waals surface area contributed by atoms with Gasteiger partial charge in [-0.15, -0.1) is 16.4 Å². The molecule has 3 aromatic heterocycles. The van der Waals surface area contributed by atoms with Crippen LogP contribution in [0.3, 0.4) is 0 Å². The van der Waals surface area contributed by atoms with Gasteiger partial charge in [-0.05, 0) is 18.6 Å². The summed E-state index contributed by atoms with van der Waals surface area (Å²) in [6.45, 7) is 1.19. The fraction of sp³-hybridized carbons (Fsp3) is 0.357. The second-order valence-corrected chi connectivity index (χ2v) is 6.52. The SMILES string of the molecule is COCCCn1c(SCc2csc(-c3ccco3)n2)n[nH]c1=O. The zero-order chi connectivity index (χ0) is 16.1. The first kappa shape index (κ1) is 16.0. The maximum Gasteiger partial charge on any atom is 0.343 e. The maximum atomic E-state index is 11.8. The summed E-state index contributed by atoms with van der Waals surface area (Å²) in [5.74, 6) is 1.41. The fourth-order valence-corrected chi connectivity index (χ4v) is 3.76. The Labute approximate surface area is 140 Å². The summed E-state index contributed by atoms with van der Waals surface area (Å²) in [7, 11) is 1.65. The number of nitrogens with one attached hydrogen (secondary N) is 1. The lowest BCUT2D eigenvalue weighted by atomic mass is 10.4. The number of H-pyrrole nitrogens is 1. The van der Waals surface area contributed by atoms with Crippen LogP contribution in [-0.2, 0) is 17.0 Å². The van der Waals surface area contributed by atoms with Crippen molar-refractivity contribution in [1.82, 2.24) is 19.7 Å². The van der Waals surface area contributed by atoms with Crippen LogP contribution in [0.4, 0.5) is 0 Å². The van der Waals surface area contributed by atoms with Crippen LogP contribution in [0.1, 0.15) is 12.1 Å². The van der Waals surface area contributed by atoms with E-state index in [0.29, 0.717) is 24.1 Å². The average Bonchev–Trinajstić information content (AvgIpc) is 3.27. The molecule has 0 radical (unpaired) electrons. The first-order chi connectivity index (χ1) is 11.3. The van der Waals surface area contributed by atoms with Gasteiger partial charge in [0.2, 0.25) is 0 Å². The van der Waals surface area contributed by atoms with Gasteiger partial charge in [-0.3, -0.25) is 4.57 Å². The van der Waals surface area contributed by atoms with Crippen LogP contribution >= 0.6 is 23.1 Å². The quantitative estimate of drug-likeness (QED) is 0.495. The van der Waals surface area contributed by atoms with Gasteiger partial charge < -0.3 is 9.15 Å². The van der Waals surface area contributed by atoms with E-state index < -0.39 is 0 Å². The zero-order valence-electron chi connectivity index (χ0n) is 12.5. The van der Waals surface area contributed by atoms with Crippen molar-refractivity contribution < 1.29 is 9.15 Å². The van der Waals surface area contributed by atoms with Crippen molar-refractivity contribution in [1.29, 1.82) is 0 Å². The molecule has 0 aromatic carbocycles. The summed E-state index contributed by atoms with van der Waals surface area (Å²) in [5.41, 5.74) is 0.739. The Hall–Kier alpha value is -1.84. The summed E-state index contributed by atoms with van der Waals surface area (Å²) in [6, 6.07) is 3.73. The predicted octanol–water partition coefficient (Wildman–Crippen LogP) is 2.62. The van der Waals surface area contributed by atoms with Gasteiger partial charge in [0, 0.05) is 31.4 Å². The van der Waals surface area contributed by atoms with Crippen LogP contribution in [0.25, 0.3) is 10.8 Å². The van der Waals surface area contributed by atoms with Crippen molar-refractivity contribution in [3.8, 4) is 10.8 Å². The highest BCUT2D eigenvalue weighted by Gasteiger charge is 2.11. The predicted molar refractivity (Wildman–Crippen MR) is 88.7 cm³/mol. The molecule has 1 N–H and O–H groups in total. The van der Waals surface area contributed by atoms with E-state index >= 15 is 0 Å². The lowest BCUT2D eigenvalue weighted by Gasteiger charge is -2.04. The standard InChI is InChI=1S/C14H16N4O3S2/c1-20-6-3-5-18-13(19)16-17-14(18)23-9-10-8-22-12(15-10)11-4-2-7-21-11/h2,4,7-8H,3,5-6,9H2,1H3,(H,16,19). The molecule has 0 aliphatic heterocycles. The van der Waals surface area contributed by atoms with Gasteiger partial charge in [0.25, 0.3) is 0 Å². The third-order valence-corrected chi connectivity index (χ3v) is 5.00. The Morgan fingerprint density at radius 2 is 2.43 bits per heavy atom. The molecule has 23 heavy (non-hydrogen) atoms. The van der Waals surface area contributed by atoms with E-state index in [9.17, 15) is 4.79 Å². The molecule has 0 bridgehead atoms. The molecule has 9 heteroatoms. The topological polar surface area (TPSA) is 85.9 Å². The molecule has 7 nitrogen and oxygen atoms in total. The van der Waals surface area contributed by atoms with Crippen LogP contribution in [-0.4, -0.2) is 33.5 Å². The Kier molecular flexibility index (Phi) is 5.31. The highest BCUT2D eigenvalue weighted by Crippen LogP contribution is 2.27. The van der Waals surface area contributed by atoms with Crippen LogP contribution in [0.5, 0.6) is 0 Å². The van der Waals surface area contributed by atoms with Gasteiger partial charge in [0.1, 0.15) is 0 Å². The summed E-state index contributed by atoms with van der Waals surface area (Å²) >= 11 is 3.02. The molecule has 0 amide bonds. The van der Waals surface area contributed by atoms with E-state index in [1.54, 1.807) is 17.9 Å². The molecular weight excluding hydrogens is 336 g/mol. The molecule has 0 fully saturated rings. The number of hydrogen-bond acceptors (Lipinski definition) is 7. The monoisotopic (exact) mass is 352 g/mol. The van der Waals surface area contributed by atoms with E-state index in [0.717, 1.165) is 22.9 Å². The highest BCUT2D eigenvalue weighted by atomic mass is 32.2. The number of hydrogen-bond donors (Lipinski definition) is 1. The van der Waals surface area contributed by atoms with Crippen molar-refractivity contribution in [3.05, 3.63) is 40.0 Å². The number of ether oxygens (including phenoxy) is 1. The van der Waals surface area contributed by atoms with E-state index in [-0.39, 0.29) is 5.69 Å². The van der Waals surface area contributed by atoms with Crippen molar-refractivity contribution in [2.45, 2.75) is 23.9 Å². The van der Waals surface area contributed by atoms with Gasteiger partial charge in [0.05, 0.1) is 12.0 Å². The van der Waals surface area contributed by atoms with Crippen LogP contribution < -0.4 is 5.69 Å². The van der Waals surface area contributed by atoms with E-state index in [1.165, 1.54) is 23.1 Å². The minimum absolute atomic E-state index is 0.196. The second-order valence-electron chi connectivity index (χ2n) is 4.72. The Morgan fingerprint density at radius 3 is 3.22 bits per heavy atom. The maximum absolute atomic E-state index is 11.8. The molecular formula is C14H16N4O3S2. The molecule has 0 spiro atoms. The molecule has 3 aromatic rings. The molecule has 0 unspecified atom stereocenters. The Morgan fingerprint density at radius 1 is 1.52 bits per heavy atom. The molecule has 0 saturated heterocycles. The Bertz CT molecular complexity index is 791. The number of nitrogens with zero attached hydrogens (tertiary/aromatic N) is 3. The van der Waals surface area contributed by atoms with E-state index in [1.807, 2.05) is 17.5 Å². The van der Waals surface area contributed by atoms with Gasteiger partial charge in [-0.1, -0.05) is 11.8 Å². The van der Waals surface area contributed by atoms with Gasteiger partial charge in [0.15, 0.2) is 15.9 Å². The number of furan rings is 1. The summed E-state index contributed by atoms with van der Waals surface area (Å²) in [4.78, 5) is 16.3. The minimum atomic E-state index is -0.196. The molecule has 0 saturated carbocycles. The fourth-order valence-electron chi connectivity index (χ4n) is 2.00. The molecule has 3 rings (SSSR count). The number of aromatic amines is 1. The van der Waals surface area contributed by atoms with Crippen LogP contribution in [0.2, 0.25) is 0 Å². The molecule has 0 aliphatic rings. The lowest BCUT2D eigenvalue weighted by molar-refractivity contribution is 0.189. The van der Waals surface area contributed by atoms with Crippen molar-refractivity contribution in [2.75, 3.05) is 13.7 Å². The normalized spacial score (nSPS) is 11.2. The van der Waals surface area contributed by atoms with Crippen molar-refractivity contribution >= 4 is 23.1 Å². The number of thioether (sulfide) groups is 1. The average molecular weight is 352 g/mol. The van der Waals surface area contributed by atoms with Crippen molar-refractivity contribution in [3.63, 3.8) is 0 Å². The van der Waals surface area contributed by atoms with Crippen LogP contribution in [0, 0.1) is 0 Å². The first-order valence-electron chi connectivity index (χ1n) is 7.03. The Balaban J connectivity index is 1.63. The molecule has 0 atom stereocenters. The van der Waals surface area contributed by atoms with E-state index in [2.05, 4.69) is 15.2 Å². The largest absolute Gasteiger partial charge is 0.462 e. The highest BCUT2D eigenvalue weighted by molar-refractivity contribution is 7.98. The number of thiazole rings is 1. The van der Waals surface area contributed by atoms with Gasteiger partial charge >= 0.3 is 5.69 Å². The van der Waals surface area contributed by atoms with Gasteiger partial charge in [-0.2, -0.15) is 0 Å².